The van der Waals surface area contributed by atoms with E-state index in [-0.39, 0.29) is 6.10 Å². The largest absolute Gasteiger partial charge is 0.385 e. The Bertz CT molecular complexity index is 349. The first-order valence-electron chi connectivity index (χ1n) is 6.42. The van der Waals surface area contributed by atoms with Crippen LogP contribution in [0.2, 0.25) is 5.02 Å². The highest BCUT2D eigenvalue weighted by Crippen LogP contribution is 2.24. The molecule has 0 radical (unpaired) electrons. The average molecular weight is 288 g/mol. The molecule has 0 saturated carbocycles. The number of rotatable bonds is 10. The highest BCUT2D eigenvalue weighted by molar-refractivity contribution is 6.31. The summed E-state index contributed by atoms with van der Waals surface area (Å²) >= 11 is 6.11. The number of halogens is 1. The van der Waals surface area contributed by atoms with Crippen LogP contribution >= 0.6 is 11.6 Å². The lowest BCUT2D eigenvalue weighted by atomic mass is 10.1. The van der Waals surface area contributed by atoms with Gasteiger partial charge in [0.2, 0.25) is 0 Å². The van der Waals surface area contributed by atoms with Crippen molar-refractivity contribution in [3.8, 4) is 0 Å². The van der Waals surface area contributed by atoms with Crippen molar-refractivity contribution in [2.24, 2.45) is 5.73 Å². The Kier molecular flexibility index (Phi) is 8.79. The van der Waals surface area contributed by atoms with Crippen molar-refractivity contribution in [1.29, 1.82) is 0 Å². The van der Waals surface area contributed by atoms with Crippen LogP contribution in [-0.4, -0.2) is 40.1 Å². The molecule has 1 aromatic carbocycles. The van der Waals surface area contributed by atoms with Gasteiger partial charge in [0.1, 0.15) is 0 Å². The topological polar surface area (TPSA) is 53.7 Å². The summed E-state index contributed by atoms with van der Waals surface area (Å²) in [5.74, 6) is 0. The van der Waals surface area contributed by atoms with Crippen molar-refractivity contribution >= 4 is 11.6 Å². The molecule has 1 aromatic rings. The van der Waals surface area contributed by atoms with E-state index in [0.29, 0.717) is 38.0 Å². The molecular formula is C14H22ClNO3. The molecule has 1 atom stereocenters. The minimum Gasteiger partial charge on any atom is -0.385 e. The van der Waals surface area contributed by atoms with Crippen LogP contribution in [0.15, 0.2) is 24.3 Å². The maximum absolute atomic E-state index is 6.11. The molecule has 5 heteroatoms. The SMILES string of the molecule is COCCCOCCOC(CN)c1ccccc1Cl. The summed E-state index contributed by atoms with van der Waals surface area (Å²) in [5, 5.41) is 0.680. The van der Waals surface area contributed by atoms with Gasteiger partial charge in [0, 0.05) is 37.5 Å². The van der Waals surface area contributed by atoms with Crippen LogP contribution in [0.5, 0.6) is 0 Å². The number of benzene rings is 1. The summed E-state index contributed by atoms with van der Waals surface area (Å²) in [5.41, 5.74) is 6.64. The molecule has 1 rings (SSSR count). The summed E-state index contributed by atoms with van der Waals surface area (Å²) in [6.07, 6.45) is 0.706. The summed E-state index contributed by atoms with van der Waals surface area (Å²) in [4.78, 5) is 0. The first-order valence-corrected chi connectivity index (χ1v) is 6.80. The van der Waals surface area contributed by atoms with Gasteiger partial charge < -0.3 is 19.9 Å². The molecule has 2 N–H and O–H groups in total. The lowest BCUT2D eigenvalue weighted by molar-refractivity contribution is 0.00393. The van der Waals surface area contributed by atoms with Gasteiger partial charge in [-0.2, -0.15) is 0 Å². The number of hydrogen-bond acceptors (Lipinski definition) is 4. The van der Waals surface area contributed by atoms with Crippen LogP contribution < -0.4 is 5.73 Å². The average Bonchev–Trinajstić information content (AvgIpc) is 2.43. The van der Waals surface area contributed by atoms with Crippen LogP contribution in [0.4, 0.5) is 0 Å². The highest BCUT2D eigenvalue weighted by atomic mass is 35.5. The van der Waals surface area contributed by atoms with E-state index in [1.165, 1.54) is 0 Å². The molecule has 0 aliphatic rings. The van der Waals surface area contributed by atoms with E-state index in [0.717, 1.165) is 12.0 Å². The molecule has 19 heavy (non-hydrogen) atoms. The predicted molar refractivity (Wildman–Crippen MR) is 76.5 cm³/mol. The van der Waals surface area contributed by atoms with Crippen molar-refractivity contribution in [2.45, 2.75) is 12.5 Å². The summed E-state index contributed by atoms with van der Waals surface area (Å²) in [7, 11) is 1.68. The van der Waals surface area contributed by atoms with Gasteiger partial charge in [-0.25, -0.2) is 0 Å². The predicted octanol–water partition coefficient (Wildman–Crippen LogP) is 2.41. The van der Waals surface area contributed by atoms with E-state index in [2.05, 4.69) is 0 Å². The molecule has 108 valence electrons. The zero-order valence-electron chi connectivity index (χ0n) is 11.3. The first kappa shape index (κ1) is 16.4. The molecule has 0 fully saturated rings. The number of nitrogens with two attached hydrogens (primary N) is 1. The Hall–Kier alpha value is -0.650. The number of hydrogen-bond donors (Lipinski definition) is 1. The Morgan fingerprint density at radius 3 is 2.63 bits per heavy atom. The first-order chi connectivity index (χ1) is 9.29. The zero-order chi connectivity index (χ0) is 13.9. The van der Waals surface area contributed by atoms with E-state index < -0.39 is 0 Å². The second kappa shape index (κ2) is 10.2. The van der Waals surface area contributed by atoms with E-state index in [4.69, 9.17) is 31.5 Å². The molecule has 0 aliphatic carbocycles. The maximum atomic E-state index is 6.11. The second-order valence-corrected chi connectivity index (χ2v) is 4.48. The Balaban J connectivity index is 2.24. The fourth-order valence-corrected chi connectivity index (χ4v) is 1.94. The van der Waals surface area contributed by atoms with E-state index >= 15 is 0 Å². The van der Waals surface area contributed by atoms with Gasteiger partial charge in [-0.15, -0.1) is 0 Å². The highest BCUT2D eigenvalue weighted by Gasteiger charge is 2.12. The van der Waals surface area contributed by atoms with Gasteiger partial charge in [0.05, 0.1) is 19.3 Å². The summed E-state index contributed by atoms with van der Waals surface area (Å²) in [6, 6.07) is 7.58. The van der Waals surface area contributed by atoms with Crippen molar-refractivity contribution in [1.82, 2.24) is 0 Å². The molecule has 0 aliphatic heterocycles. The van der Waals surface area contributed by atoms with E-state index in [1.54, 1.807) is 7.11 Å². The quantitative estimate of drug-likeness (QED) is 0.672. The molecule has 4 nitrogen and oxygen atoms in total. The molecule has 0 spiro atoms. The third kappa shape index (κ3) is 6.36. The molecule has 1 unspecified atom stereocenters. The van der Waals surface area contributed by atoms with Crippen LogP contribution in [-0.2, 0) is 14.2 Å². The number of ether oxygens (including phenoxy) is 3. The van der Waals surface area contributed by atoms with Crippen molar-refractivity contribution < 1.29 is 14.2 Å². The van der Waals surface area contributed by atoms with Gasteiger partial charge in [-0.1, -0.05) is 29.8 Å². The van der Waals surface area contributed by atoms with Crippen molar-refractivity contribution in [2.75, 3.05) is 40.1 Å². The standard InChI is InChI=1S/C14H22ClNO3/c1-17-7-4-8-18-9-10-19-14(11-16)12-5-2-3-6-13(12)15/h2-3,5-6,14H,4,7-11,16H2,1H3. The van der Waals surface area contributed by atoms with Gasteiger partial charge in [-0.3, -0.25) is 0 Å². The minimum absolute atomic E-state index is 0.184. The Labute approximate surface area is 119 Å². The van der Waals surface area contributed by atoms with Crippen LogP contribution in [0, 0.1) is 0 Å². The van der Waals surface area contributed by atoms with Gasteiger partial charge in [0.25, 0.3) is 0 Å². The summed E-state index contributed by atoms with van der Waals surface area (Å²) in [6.45, 7) is 2.83. The van der Waals surface area contributed by atoms with E-state index in [1.807, 2.05) is 24.3 Å². The van der Waals surface area contributed by atoms with Gasteiger partial charge in [0.15, 0.2) is 0 Å². The fraction of sp³-hybridized carbons (Fsp3) is 0.571. The third-order valence-electron chi connectivity index (χ3n) is 2.65. The molecule has 0 bridgehead atoms. The van der Waals surface area contributed by atoms with Crippen molar-refractivity contribution in [3.63, 3.8) is 0 Å². The van der Waals surface area contributed by atoms with Crippen molar-refractivity contribution in [3.05, 3.63) is 34.9 Å². The normalized spacial score (nSPS) is 12.6. The number of methoxy groups -OCH3 is 1. The van der Waals surface area contributed by atoms with Crippen LogP contribution in [0.25, 0.3) is 0 Å². The Morgan fingerprint density at radius 1 is 1.16 bits per heavy atom. The third-order valence-corrected chi connectivity index (χ3v) is 2.99. The lowest BCUT2D eigenvalue weighted by Gasteiger charge is -2.17. The molecular weight excluding hydrogens is 266 g/mol. The van der Waals surface area contributed by atoms with Gasteiger partial charge >= 0.3 is 0 Å². The fourth-order valence-electron chi connectivity index (χ4n) is 1.68. The maximum Gasteiger partial charge on any atom is 0.0962 e. The molecule has 0 saturated heterocycles. The molecule has 0 amide bonds. The van der Waals surface area contributed by atoms with Crippen LogP contribution in [0.1, 0.15) is 18.1 Å². The second-order valence-electron chi connectivity index (χ2n) is 4.08. The lowest BCUT2D eigenvalue weighted by Crippen LogP contribution is -2.18. The van der Waals surface area contributed by atoms with Gasteiger partial charge in [-0.05, 0) is 12.5 Å². The monoisotopic (exact) mass is 287 g/mol. The zero-order valence-corrected chi connectivity index (χ0v) is 12.1. The molecule has 0 heterocycles. The summed E-state index contributed by atoms with van der Waals surface area (Å²) < 4.78 is 16.0. The minimum atomic E-state index is -0.184. The van der Waals surface area contributed by atoms with E-state index in [9.17, 15) is 0 Å². The smallest absolute Gasteiger partial charge is 0.0962 e. The Morgan fingerprint density at radius 2 is 1.95 bits per heavy atom. The van der Waals surface area contributed by atoms with Crippen LogP contribution in [0.3, 0.4) is 0 Å². The molecule has 0 aromatic heterocycles.